The SMILES string of the molecule is Cc1nc(S(=O)(=O)N2CCC(c3ccn4ncc(C(=O)N5CCC(C)CC5)c4c3)CC2)cn1C. The van der Waals surface area contributed by atoms with Gasteiger partial charge in [0.05, 0.1) is 17.3 Å². The minimum absolute atomic E-state index is 0.0469. The van der Waals surface area contributed by atoms with E-state index < -0.39 is 10.0 Å². The topological polar surface area (TPSA) is 92.8 Å². The lowest BCUT2D eigenvalue weighted by molar-refractivity contribution is 0.0699. The number of amides is 1. The van der Waals surface area contributed by atoms with Crippen molar-refractivity contribution < 1.29 is 13.2 Å². The fourth-order valence-electron chi connectivity index (χ4n) is 5.01. The van der Waals surface area contributed by atoms with Crippen molar-refractivity contribution in [3.63, 3.8) is 0 Å². The first-order valence-electron chi connectivity index (χ1n) is 12.0. The van der Waals surface area contributed by atoms with E-state index in [0.29, 0.717) is 30.4 Å². The number of imidazole rings is 1. The Kier molecular flexibility index (Phi) is 5.97. The molecule has 0 aliphatic carbocycles. The van der Waals surface area contributed by atoms with Gasteiger partial charge in [0, 0.05) is 45.6 Å². The molecule has 10 heteroatoms. The molecule has 2 saturated heterocycles. The summed E-state index contributed by atoms with van der Waals surface area (Å²) in [6, 6.07) is 4.09. The van der Waals surface area contributed by atoms with Gasteiger partial charge in [0.1, 0.15) is 5.82 Å². The van der Waals surface area contributed by atoms with E-state index in [1.807, 2.05) is 17.2 Å². The summed E-state index contributed by atoms with van der Waals surface area (Å²) in [5.74, 6) is 1.61. The number of carbonyl (C=O) groups is 1. The second kappa shape index (κ2) is 8.81. The van der Waals surface area contributed by atoms with Gasteiger partial charge in [-0.15, -0.1) is 0 Å². The van der Waals surface area contributed by atoms with E-state index in [1.54, 1.807) is 35.4 Å². The summed E-state index contributed by atoms with van der Waals surface area (Å²) < 4.78 is 31.1. The number of rotatable bonds is 4. The molecule has 0 N–H and O–H groups in total. The molecule has 0 saturated carbocycles. The lowest BCUT2D eigenvalue weighted by Crippen LogP contribution is -2.38. The molecule has 5 rings (SSSR count). The predicted octanol–water partition coefficient (Wildman–Crippen LogP) is 2.82. The highest BCUT2D eigenvalue weighted by molar-refractivity contribution is 7.89. The monoisotopic (exact) mass is 484 g/mol. The van der Waals surface area contributed by atoms with Crippen LogP contribution in [0.25, 0.3) is 5.52 Å². The van der Waals surface area contributed by atoms with E-state index in [2.05, 4.69) is 23.1 Å². The second-order valence-electron chi connectivity index (χ2n) is 9.74. The summed E-state index contributed by atoms with van der Waals surface area (Å²) in [5, 5.41) is 4.51. The van der Waals surface area contributed by atoms with Crippen LogP contribution in [0.5, 0.6) is 0 Å². The highest BCUT2D eigenvalue weighted by atomic mass is 32.2. The van der Waals surface area contributed by atoms with Crippen molar-refractivity contribution in [3.8, 4) is 0 Å². The number of hydrogen-bond acceptors (Lipinski definition) is 5. The third-order valence-electron chi connectivity index (χ3n) is 7.46. The molecule has 1 amide bonds. The van der Waals surface area contributed by atoms with Crippen LogP contribution in [0, 0.1) is 12.8 Å². The first-order chi connectivity index (χ1) is 16.2. The number of piperidine rings is 2. The first kappa shape index (κ1) is 23.0. The molecule has 0 aromatic carbocycles. The third-order valence-corrected chi connectivity index (χ3v) is 9.23. The molecule has 0 bridgehead atoms. The average molecular weight is 485 g/mol. The Bertz CT molecular complexity index is 1290. The molecular weight excluding hydrogens is 452 g/mol. The number of sulfonamides is 1. The maximum absolute atomic E-state index is 13.2. The van der Waals surface area contributed by atoms with Crippen molar-refractivity contribution in [2.45, 2.75) is 50.5 Å². The van der Waals surface area contributed by atoms with Crippen molar-refractivity contribution in [3.05, 3.63) is 47.7 Å². The van der Waals surface area contributed by atoms with E-state index in [9.17, 15) is 13.2 Å². The van der Waals surface area contributed by atoms with Crippen molar-refractivity contribution in [1.29, 1.82) is 0 Å². The average Bonchev–Trinajstić information content (AvgIpc) is 3.42. The summed E-state index contributed by atoms with van der Waals surface area (Å²) in [5.41, 5.74) is 2.59. The van der Waals surface area contributed by atoms with Crippen molar-refractivity contribution in [2.24, 2.45) is 13.0 Å². The fraction of sp³-hybridized carbons (Fsp3) is 0.542. The van der Waals surface area contributed by atoms with Gasteiger partial charge in [0.15, 0.2) is 5.03 Å². The van der Waals surface area contributed by atoms with Crippen LogP contribution in [0.15, 0.2) is 35.7 Å². The Morgan fingerprint density at radius 1 is 1.09 bits per heavy atom. The van der Waals surface area contributed by atoms with Gasteiger partial charge in [0.2, 0.25) is 0 Å². The van der Waals surface area contributed by atoms with E-state index in [-0.39, 0.29) is 16.9 Å². The Balaban J connectivity index is 1.32. The smallest absolute Gasteiger partial charge is 0.262 e. The van der Waals surface area contributed by atoms with Gasteiger partial charge in [0.25, 0.3) is 15.9 Å². The molecule has 0 spiro atoms. The summed E-state index contributed by atoms with van der Waals surface area (Å²) in [4.78, 5) is 19.3. The molecule has 34 heavy (non-hydrogen) atoms. The van der Waals surface area contributed by atoms with Gasteiger partial charge in [-0.25, -0.2) is 17.9 Å². The summed E-state index contributed by atoms with van der Waals surface area (Å²) >= 11 is 0. The van der Waals surface area contributed by atoms with Crippen LogP contribution >= 0.6 is 0 Å². The predicted molar refractivity (Wildman–Crippen MR) is 128 cm³/mol. The van der Waals surface area contributed by atoms with Gasteiger partial charge >= 0.3 is 0 Å². The zero-order chi connectivity index (χ0) is 24.0. The van der Waals surface area contributed by atoms with E-state index in [4.69, 9.17) is 0 Å². The standard InChI is InChI=1S/C24H32N6O3S/c1-17-4-9-28(10-5-17)24(31)21-15-25-30-13-8-20(14-22(21)30)19-6-11-29(12-7-19)34(32,33)23-16-27(3)18(2)26-23/h8,13-17,19H,4-7,9-12H2,1-3H3. The molecule has 182 valence electrons. The van der Waals surface area contributed by atoms with Crippen molar-refractivity contribution in [2.75, 3.05) is 26.2 Å². The first-order valence-corrected chi connectivity index (χ1v) is 13.4. The zero-order valence-electron chi connectivity index (χ0n) is 20.0. The molecule has 2 aliphatic heterocycles. The highest BCUT2D eigenvalue weighted by Crippen LogP contribution is 2.32. The molecule has 2 aliphatic rings. The molecule has 0 atom stereocenters. The number of likely N-dealkylation sites (tertiary alicyclic amines) is 1. The largest absolute Gasteiger partial charge is 0.339 e. The van der Waals surface area contributed by atoms with Crippen LogP contribution < -0.4 is 0 Å². The number of aromatic nitrogens is 4. The molecule has 3 aromatic heterocycles. The molecular formula is C24H32N6O3S. The van der Waals surface area contributed by atoms with Crippen LogP contribution in [-0.2, 0) is 17.1 Å². The lowest BCUT2D eigenvalue weighted by Gasteiger charge is -2.31. The lowest BCUT2D eigenvalue weighted by atomic mass is 9.90. The maximum Gasteiger partial charge on any atom is 0.262 e. The Morgan fingerprint density at radius 3 is 2.44 bits per heavy atom. The van der Waals surface area contributed by atoms with Crippen LogP contribution in [-0.4, -0.2) is 68.9 Å². The molecule has 3 aromatic rings. The van der Waals surface area contributed by atoms with Crippen LogP contribution in [0.1, 0.15) is 60.3 Å². The second-order valence-corrected chi connectivity index (χ2v) is 11.6. The quantitative estimate of drug-likeness (QED) is 0.568. The van der Waals surface area contributed by atoms with Gasteiger partial charge in [-0.1, -0.05) is 6.92 Å². The number of pyridine rings is 1. The molecule has 2 fully saturated rings. The van der Waals surface area contributed by atoms with Crippen LogP contribution in [0.3, 0.4) is 0 Å². The van der Waals surface area contributed by atoms with Gasteiger partial charge < -0.3 is 9.47 Å². The van der Waals surface area contributed by atoms with Gasteiger partial charge in [-0.2, -0.15) is 9.40 Å². The van der Waals surface area contributed by atoms with Crippen molar-refractivity contribution in [1.82, 2.24) is 28.4 Å². The number of hydrogen-bond donors (Lipinski definition) is 0. The molecule has 0 radical (unpaired) electrons. The maximum atomic E-state index is 13.2. The van der Waals surface area contributed by atoms with Gasteiger partial charge in [-0.05, 0) is 62.1 Å². The normalized spacial score (nSPS) is 19.2. The van der Waals surface area contributed by atoms with E-state index in [1.165, 1.54) is 4.31 Å². The zero-order valence-corrected chi connectivity index (χ0v) is 20.8. The summed E-state index contributed by atoms with van der Waals surface area (Å²) in [7, 11) is -1.80. The Morgan fingerprint density at radius 2 is 1.79 bits per heavy atom. The third kappa shape index (κ3) is 4.13. The summed E-state index contributed by atoms with van der Waals surface area (Å²) in [6.07, 6.45) is 8.67. The molecule has 0 unspecified atom stereocenters. The minimum atomic E-state index is -3.59. The van der Waals surface area contributed by atoms with E-state index >= 15 is 0 Å². The molecule has 5 heterocycles. The summed E-state index contributed by atoms with van der Waals surface area (Å²) in [6.45, 7) is 6.51. The van der Waals surface area contributed by atoms with E-state index in [0.717, 1.165) is 49.9 Å². The van der Waals surface area contributed by atoms with Crippen molar-refractivity contribution >= 4 is 21.4 Å². The number of nitrogens with zero attached hydrogens (tertiary/aromatic N) is 6. The molecule has 9 nitrogen and oxygen atoms in total. The fourth-order valence-corrected chi connectivity index (χ4v) is 6.50. The Hall–Kier alpha value is -2.72. The number of fused-ring (bicyclic) bond motifs is 1. The van der Waals surface area contributed by atoms with Gasteiger partial charge in [-0.3, -0.25) is 4.79 Å². The Labute approximate surface area is 200 Å². The minimum Gasteiger partial charge on any atom is -0.339 e. The van der Waals surface area contributed by atoms with Crippen LogP contribution in [0.4, 0.5) is 0 Å². The number of carbonyl (C=O) groups excluding carboxylic acids is 1. The van der Waals surface area contributed by atoms with Crippen LogP contribution in [0.2, 0.25) is 0 Å². The number of aryl methyl sites for hydroxylation is 2. The highest BCUT2D eigenvalue weighted by Gasteiger charge is 2.32.